The molecule has 0 aromatic carbocycles. The van der Waals surface area contributed by atoms with E-state index >= 15 is 0 Å². The lowest BCUT2D eigenvalue weighted by atomic mass is 10.3. The van der Waals surface area contributed by atoms with Crippen LogP contribution < -0.4 is 0 Å². The average Bonchev–Trinajstić information content (AvgIpc) is 2.05. The van der Waals surface area contributed by atoms with E-state index < -0.39 is 22.1 Å². The lowest BCUT2D eigenvalue weighted by Crippen LogP contribution is -1.95. The van der Waals surface area contributed by atoms with E-state index in [9.17, 15) is 19.3 Å². The zero-order valence-corrected chi connectivity index (χ0v) is 5.73. The highest BCUT2D eigenvalue weighted by molar-refractivity contribution is 5.75. The van der Waals surface area contributed by atoms with Crippen LogP contribution in [0.25, 0.3) is 0 Å². The van der Waals surface area contributed by atoms with Gasteiger partial charge in [0.15, 0.2) is 6.29 Å². The zero-order chi connectivity index (χ0) is 9.14. The van der Waals surface area contributed by atoms with Crippen LogP contribution in [0.1, 0.15) is 10.4 Å². The van der Waals surface area contributed by atoms with E-state index in [1.165, 1.54) is 0 Å². The normalized spacial score (nSPS) is 9.42. The van der Waals surface area contributed by atoms with Gasteiger partial charge in [0.05, 0.1) is 10.5 Å². The Morgan fingerprint density at radius 1 is 1.67 bits per heavy atom. The third kappa shape index (κ3) is 1.42. The maximum Gasteiger partial charge on any atom is 0.288 e. The number of aromatic nitrogens is 1. The van der Waals surface area contributed by atoms with Gasteiger partial charge in [-0.2, -0.15) is 4.39 Å². The van der Waals surface area contributed by atoms with E-state index in [0.29, 0.717) is 0 Å². The molecule has 0 unspecified atom stereocenters. The van der Waals surface area contributed by atoms with Crippen LogP contribution in [-0.4, -0.2) is 16.2 Å². The largest absolute Gasteiger partial charge is 0.298 e. The van der Waals surface area contributed by atoms with Crippen LogP contribution in [0.5, 0.6) is 0 Å². The quantitative estimate of drug-likeness (QED) is 0.286. The second-order valence-corrected chi connectivity index (χ2v) is 1.95. The summed E-state index contributed by atoms with van der Waals surface area (Å²) >= 11 is 0. The van der Waals surface area contributed by atoms with E-state index in [4.69, 9.17) is 0 Å². The summed E-state index contributed by atoms with van der Waals surface area (Å²) in [6.07, 6.45) is 0.928. The summed E-state index contributed by atoms with van der Waals surface area (Å²) in [5.74, 6) is -1.00. The van der Waals surface area contributed by atoms with E-state index in [1.54, 1.807) is 0 Å². The Morgan fingerprint density at radius 3 is 2.83 bits per heavy atom. The van der Waals surface area contributed by atoms with E-state index in [1.807, 2.05) is 0 Å². The first kappa shape index (κ1) is 8.25. The smallest absolute Gasteiger partial charge is 0.288 e. The molecule has 0 radical (unpaired) electrons. The summed E-state index contributed by atoms with van der Waals surface area (Å²) in [6.45, 7) is 0. The van der Waals surface area contributed by atoms with Crippen molar-refractivity contribution in [3.05, 3.63) is 33.9 Å². The van der Waals surface area contributed by atoms with Gasteiger partial charge in [-0.15, -0.1) is 0 Å². The van der Waals surface area contributed by atoms with Crippen molar-refractivity contribution in [2.75, 3.05) is 0 Å². The zero-order valence-electron chi connectivity index (χ0n) is 5.73. The fourth-order valence-corrected chi connectivity index (χ4v) is 0.636. The van der Waals surface area contributed by atoms with Gasteiger partial charge in [-0.05, 0) is 0 Å². The molecular weight excluding hydrogens is 167 g/mol. The van der Waals surface area contributed by atoms with Gasteiger partial charge in [0.1, 0.15) is 6.20 Å². The Hall–Kier alpha value is -1.85. The van der Waals surface area contributed by atoms with Crippen molar-refractivity contribution < 1.29 is 14.1 Å². The van der Waals surface area contributed by atoms with Crippen LogP contribution in [0.15, 0.2) is 12.3 Å². The highest BCUT2D eigenvalue weighted by Crippen LogP contribution is 2.11. The van der Waals surface area contributed by atoms with Crippen LogP contribution in [-0.2, 0) is 0 Å². The lowest BCUT2D eigenvalue weighted by Gasteiger charge is -1.92. The molecular formula is C6H3FN2O3. The van der Waals surface area contributed by atoms with Gasteiger partial charge in [-0.1, -0.05) is 0 Å². The van der Waals surface area contributed by atoms with Crippen molar-refractivity contribution in [1.82, 2.24) is 4.98 Å². The Morgan fingerprint density at radius 2 is 2.33 bits per heavy atom. The fourth-order valence-electron chi connectivity index (χ4n) is 0.636. The molecule has 1 aromatic rings. The molecule has 1 heterocycles. The number of hydrogen-bond donors (Lipinski definition) is 0. The first-order valence-corrected chi connectivity index (χ1v) is 2.90. The molecule has 0 saturated carbocycles. The minimum atomic E-state index is -1.00. The van der Waals surface area contributed by atoms with E-state index in [-0.39, 0.29) is 6.29 Å². The van der Waals surface area contributed by atoms with Gasteiger partial charge in [0.25, 0.3) is 5.69 Å². The summed E-state index contributed by atoms with van der Waals surface area (Å²) in [5.41, 5.74) is -0.817. The van der Waals surface area contributed by atoms with Gasteiger partial charge in [0.2, 0.25) is 5.95 Å². The summed E-state index contributed by atoms with van der Waals surface area (Å²) in [4.78, 5) is 22.5. The summed E-state index contributed by atoms with van der Waals surface area (Å²) in [6, 6.07) is 0.829. The summed E-state index contributed by atoms with van der Waals surface area (Å²) in [5, 5.41) is 10.1. The number of hydrogen-bond acceptors (Lipinski definition) is 4. The van der Waals surface area contributed by atoms with E-state index in [2.05, 4.69) is 4.98 Å². The molecule has 6 heteroatoms. The Labute approximate surface area is 66.0 Å². The van der Waals surface area contributed by atoms with Gasteiger partial charge in [-0.3, -0.25) is 14.9 Å². The molecule has 0 aliphatic rings. The number of aldehydes is 1. The number of halogens is 1. The predicted molar refractivity (Wildman–Crippen MR) is 36.2 cm³/mol. The summed E-state index contributed by atoms with van der Waals surface area (Å²) in [7, 11) is 0. The first-order chi connectivity index (χ1) is 5.65. The lowest BCUT2D eigenvalue weighted by molar-refractivity contribution is -0.385. The molecule has 5 nitrogen and oxygen atoms in total. The topological polar surface area (TPSA) is 73.1 Å². The molecule has 0 amide bonds. The summed E-state index contributed by atoms with van der Waals surface area (Å²) < 4.78 is 12.5. The van der Waals surface area contributed by atoms with Crippen LogP contribution in [0.3, 0.4) is 0 Å². The molecule has 0 spiro atoms. The Bertz CT molecular complexity index is 340. The second kappa shape index (κ2) is 3.04. The van der Waals surface area contributed by atoms with Gasteiger partial charge >= 0.3 is 0 Å². The number of pyridine rings is 1. The van der Waals surface area contributed by atoms with E-state index in [0.717, 1.165) is 12.3 Å². The molecule has 0 atom stereocenters. The second-order valence-electron chi connectivity index (χ2n) is 1.95. The van der Waals surface area contributed by atoms with Crippen LogP contribution in [0, 0.1) is 16.1 Å². The van der Waals surface area contributed by atoms with Crippen molar-refractivity contribution in [3.8, 4) is 0 Å². The maximum absolute atomic E-state index is 12.5. The van der Waals surface area contributed by atoms with Crippen LogP contribution in [0.2, 0.25) is 0 Å². The molecule has 0 aliphatic heterocycles. The standard InChI is InChI=1S/C6H3FN2O3/c7-6-4(3-10)1-5(2-8-6)9(11)12/h1-3H. The van der Waals surface area contributed by atoms with Crippen molar-refractivity contribution in [3.63, 3.8) is 0 Å². The van der Waals surface area contributed by atoms with Gasteiger partial charge in [0, 0.05) is 6.07 Å². The third-order valence-corrected chi connectivity index (χ3v) is 1.19. The molecule has 0 N–H and O–H groups in total. The highest BCUT2D eigenvalue weighted by Gasteiger charge is 2.10. The molecule has 0 aliphatic carbocycles. The molecule has 0 saturated heterocycles. The number of carbonyl (C=O) groups is 1. The molecule has 1 aromatic heterocycles. The molecule has 62 valence electrons. The van der Waals surface area contributed by atoms with Gasteiger partial charge in [-0.25, -0.2) is 4.98 Å². The number of nitrogens with zero attached hydrogens (tertiary/aromatic N) is 2. The monoisotopic (exact) mass is 170 g/mol. The number of nitro groups is 1. The SMILES string of the molecule is O=Cc1cc([N+](=O)[O-])cnc1F. The Balaban J connectivity index is 3.22. The number of carbonyl (C=O) groups excluding carboxylic acids is 1. The van der Waals surface area contributed by atoms with Crippen molar-refractivity contribution in [1.29, 1.82) is 0 Å². The minimum Gasteiger partial charge on any atom is -0.298 e. The Kier molecular flexibility index (Phi) is 2.09. The van der Waals surface area contributed by atoms with Crippen LogP contribution in [0.4, 0.5) is 10.1 Å². The third-order valence-electron chi connectivity index (χ3n) is 1.19. The fraction of sp³-hybridized carbons (Fsp3) is 0. The molecule has 12 heavy (non-hydrogen) atoms. The maximum atomic E-state index is 12.5. The minimum absolute atomic E-state index is 0.176. The molecule has 0 fully saturated rings. The van der Waals surface area contributed by atoms with Crippen molar-refractivity contribution >= 4 is 12.0 Å². The van der Waals surface area contributed by atoms with Crippen molar-refractivity contribution in [2.24, 2.45) is 0 Å². The molecule has 1 rings (SSSR count). The first-order valence-electron chi connectivity index (χ1n) is 2.90. The van der Waals surface area contributed by atoms with Crippen molar-refractivity contribution in [2.45, 2.75) is 0 Å². The highest BCUT2D eigenvalue weighted by atomic mass is 19.1. The average molecular weight is 170 g/mol. The molecule has 0 bridgehead atoms. The number of rotatable bonds is 2. The van der Waals surface area contributed by atoms with Crippen LogP contribution >= 0.6 is 0 Å². The van der Waals surface area contributed by atoms with Gasteiger partial charge < -0.3 is 0 Å². The predicted octanol–water partition coefficient (Wildman–Crippen LogP) is 0.941.